The van der Waals surface area contributed by atoms with Crippen LogP contribution in [0.15, 0.2) is 48.5 Å². The summed E-state index contributed by atoms with van der Waals surface area (Å²) >= 11 is 6.29. The number of Topliss-reactive ketones (excluding diaryl/α,β-unsaturated/α-hetero) is 1. The molecule has 1 amide bonds. The van der Waals surface area contributed by atoms with E-state index in [1.807, 2.05) is 30.3 Å². The Bertz CT molecular complexity index is 903. The van der Waals surface area contributed by atoms with Crippen molar-refractivity contribution in [2.45, 2.75) is 38.5 Å². The van der Waals surface area contributed by atoms with Crippen molar-refractivity contribution in [1.82, 2.24) is 10.2 Å². The first-order valence-electron chi connectivity index (χ1n) is 10.7. The number of nitrogens with one attached hydrogen (secondary N) is 1. The van der Waals surface area contributed by atoms with Gasteiger partial charge >= 0.3 is 6.09 Å². The molecule has 2 aromatic carbocycles. The van der Waals surface area contributed by atoms with E-state index in [4.69, 9.17) is 21.1 Å². The lowest BCUT2D eigenvalue weighted by Gasteiger charge is -2.28. The SMILES string of the molecule is CC(=O)COc1ccc(C(O)[C@@H](CN2CCCC2)NC(=O)OCc2ccccc2)cc1Cl. The molecule has 0 aromatic heterocycles. The topological polar surface area (TPSA) is 88.1 Å². The van der Waals surface area contributed by atoms with E-state index in [0.29, 0.717) is 17.9 Å². The van der Waals surface area contributed by atoms with E-state index in [2.05, 4.69) is 10.2 Å². The molecular weight excluding hydrogens is 432 g/mol. The summed E-state index contributed by atoms with van der Waals surface area (Å²) < 4.78 is 10.7. The van der Waals surface area contributed by atoms with Gasteiger partial charge in [-0.3, -0.25) is 4.79 Å². The summed E-state index contributed by atoms with van der Waals surface area (Å²) in [5, 5.41) is 14.2. The highest BCUT2D eigenvalue weighted by Gasteiger charge is 2.27. The number of amides is 1. The van der Waals surface area contributed by atoms with Crippen molar-refractivity contribution >= 4 is 23.5 Å². The average molecular weight is 461 g/mol. The number of aliphatic hydroxyl groups is 1. The molecule has 0 radical (unpaired) electrons. The van der Waals surface area contributed by atoms with Gasteiger partial charge in [0.25, 0.3) is 0 Å². The molecule has 1 aliphatic rings. The molecule has 2 N–H and O–H groups in total. The molecule has 1 saturated heterocycles. The Balaban J connectivity index is 1.67. The minimum atomic E-state index is -1.00. The second kappa shape index (κ2) is 11.9. The lowest BCUT2D eigenvalue weighted by Crippen LogP contribution is -2.46. The molecule has 1 aliphatic heterocycles. The number of alkyl carbamates (subject to hydrolysis) is 1. The van der Waals surface area contributed by atoms with Crippen molar-refractivity contribution in [2.75, 3.05) is 26.2 Å². The van der Waals surface area contributed by atoms with Crippen LogP contribution in [0.5, 0.6) is 5.75 Å². The van der Waals surface area contributed by atoms with E-state index in [0.717, 1.165) is 31.5 Å². The van der Waals surface area contributed by atoms with Gasteiger partial charge < -0.3 is 24.8 Å². The predicted molar refractivity (Wildman–Crippen MR) is 122 cm³/mol. The van der Waals surface area contributed by atoms with Gasteiger partial charge in [0, 0.05) is 6.54 Å². The number of benzene rings is 2. The first kappa shape index (κ1) is 24.0. The van der Waals surface area contributed by atoms with Crippen LogP contribution < -0.4 is 10.1 Å². The first-order chi connectivity index (χ1) is 15.4. The summed E-state index contributed by atoms with van der Waals surface area (Å²) in [6.45, 7) is 3.83. The van der Waals surface area contributed by atoms with Gasteiger partial charge in [0.2, 0.25) is 0 Å². The van der Waals surface area contributed by atoms with Crippen molar-refractivity contribution in [2.24, 2.45) is 0 Å². The van der Waals surface area contributed by atoms with Gasteiger partial charge in [-0.2, -0.15) is 0 Å². The Morgan fingerprint density at radius 1 is 1.16 bits per heavy atom. The zero-order chi connectivity index (χ0) is 22.9. The second-order valence-electron chi connectivity index (χ2n) is 7.95. The molecule has 1 heterocycles. The molecule has 0 saturated carbocycles. The standard InChI is InChI=1S/C24H29ClN2O5/c1-17(28)15-31-22-10-9-19(13-20(22)25)23(29)21(14-27-11-5-6-12-27)26-24(30)32-16-18-7-3-2-4-8-18/h2-4,7-10,13,21,23,29H,5-6,11-12,14-16H2,1H3,(H,26,30)/t21-,23?/m1/s1. The summed E-state index contributed by atoms with van der Waals surface area (Å²) in [7, 11) is 0. The number of halogens is 1. The number of hydrogen-bond donors (Lipinski definition) is 2. The molecule has 172 valence electrons. The van der Waals surface area contributed by atoms with Crippen LogP contribution in [-0.4, -0.2) is 54.2 Å². The number of ether oxygens (including phenoxy) is 2. The molecule has 2 aromatic rings. The van der Waals surface area contributed by atoms with Gasteiger partial charge in [0.1, 0.15) is 25.1 Å². The number of aliphatic hydroxyl groups excluding tert-OH is 1. The number of ketones is 1. The maximum Gasteiger partial charge on any atom is 0.407 e. The Labute approximate surface area is 193 Å². The maximum absolute atomic E-state index is 12.5. The Hall–Kier alpha value is -2.61. The zero-order valence-electron chi connectivity index (χ0n) is 18.1. The van der Waals surface area contributed by atoms with Gasteiger partial charge in [-0.1, -0.05) is 48.0 Å². The average Bonchev–Trinajstić information content (AvgIpc) is 3.29. The van der Waals surface area contributed by atoms with Crippen LogP contribution in [0.3, 0.4) is 0 Å². The maximum atomic E-state index is 12.5. The lowest BCUT2D eigenvalue weighted by atomic mass is 10.0. The minimum Gasteiger partial charge on any atom is -0.484 e. The fraction of sp³-hybridized carbons (Fsp3) is 0.417. The van der Waals surface area contributed by atoms with Gasteiger partial charge in [0.15, 0.2) is 5.78 Å². The van der Waals surface area contributed by atoms with Crippen LogP contribution in [-0.2, 0) is 16.1 Å². The molecule has 0 aliphatic carbocycles. The van der Waals surface area contributed by atoms with Crippen molar-refractivity contribution in [3.05, 3.63) is 64.7 Å². The summed E-state index contributed by atoms with van der Waals surface area (Å²) in [5.74, 6) is 0.248. The van der Waals surface area contributed by atoms with Crippen LogP contribution >= 0.6 is 11.6 Å². The summed E-state index contributed by atoms with van der Waals surface area (Å²) in [4.78, 5) is 25.8. The van der Waals surface area contributed by atoms with Crippen LogP contribution in [0.4, 0.5) is 4.79 Å². The third-order valence-electron chi connectivity index (χ3n) is 5.28. The summed E-state index contributed by atoms with van der Waals surface area (Å²) in [6, 6.07) is 13.7. The van der Waals surface area contributed by atoms with E-state index >= 15 is 0 Å². The number of carbonyl (C=O) groups excluding carboxylic acids is 2. The number of nitrogens with zero attached hydrogens (tertiary/aromatic N) is 1. The van der Waals surface area contributed by atoms with E-state index in [1.165, 1.54) is 6.92 Å². The highest BCUT2D eigenvalue weighted by Crippen LogP contribution is 2.29. The highest BCUT2D eigenvalue weighted by atomic mass is 35.5. The fourth-order valence-electron chi connectivity index (χ4n) is 3.61. The van der Waals surface area contributed by atoms with E-state index < -0.39 is 18.2 Å². The van der Waals surface area contributed by atoms with E-state index in [9.17, 15) is 14.7 Å². The molecule has 7 nitrogen and oxygen atoms in total. The monoisotopic (exact) mass is 460 g/mol. The van der Waals surface area contributed by atoms with Crippen LogP contribution in [0.25, 0.3) is 0 Å². The first-order valence-corrected chi connectivity index (χ1v) is 11.1. The van der Waals surface area contributed by atoms with Crippen molar-refractivity contribution in [1.29, 1.82) is 0 Å². The van der Waals surface area contributed by atoms with Gasteiger partial charge in [-0.15, -0.1) is 0 Å². The van der Waals surface area contributed by atoms with Crippen LogP contribution in [0.2, 0.25) is 5.02 Å². The van der Waals surface area contributed by atoms with E-state index in [-0.39, 0.29) is 24.0 Å². The third-order valence-corrected chi connectivity index (χ3v) is 5.57. The predicted octanol–water partition coefficient (Wildman–Crippen LogP) is 3.73. The number of rotatable bonds is 10. The van der Waals surface area contributed by atoms with Crippen molar-refractivity contribution < 1.29 is 24.2 Å². The van der Waals surface area contributed by atoms with Crippen molar-refractivity contribution in [3.63, 3.8) is 0 Å². The quantitative estimate of drug-likeness (QED) is 0.561. The molecule has 8 heteroatoms. The molecule has 1 fully saturated rings. The van der Waals surface area contributed by atoms with E-state index in [1.54, 1.807) is 18.2 Å². The molecule has 0 spiro atoms. The third kappa shape index (κ3) is 7.22. The Morgan fingerprint density at radius 3 is 2.53 bits per heavy atom. The lowest BCUT2D eigenvalue weighted by molar-refractivity contribution is -0.118. The number of carbonyl (C=O) groups is 2. The molecular formula is C24H29ClN2O5. The molecule has 0 bridgehead atoms. The molecule has 32 heavy (non-hydrogen) atoms. The van der Waals surface area contributed by atoms with Crippen LogP contribution in [0.1, 0.15) is 37.0 Å². The zero-order valence-corrected chi connectivity index (χ0v) is 18.9. The Kier molecular flexibility index (Phi) is 8.90. The van der Waals surface area contributed by atoms with Crippen LogP contribution in [0, 0.1) is 0 Å². The van der Waals surface area contributed by atoms with Gasteiger partial charge in [0.05, 0.1) is 11.1 Å². The Morgan fingerprint density at radius 2 is 1.88 bits per heavy atom. The van der Waals surface area contributed by atoms with Crippen molar-refractivity contribution in [3.8, 4) is 5.75 Å². The molecule has 3 rings (SSSR count). The normalized spacial score (nSPS) is 15.7. The largest absolute Gasteiger partial charge is 0.484 e. The molecule has 2 atom stereocenters. The van der Waals surface area contributed by atoms with Gasteiger partial charge in [-0.25, -0.2) is 4.79 Å². The van der Waals surface area contributed by atoms with Gasteiger partial charge in [-0.05, 0) is 56.1 Å². The minimum absolute atomic E-state index is 0.0754. The summed E-state index contributed by atoms with van der Waals surface area (Å²) in [5.41, 5.74) is 1.42. The smallest absolute Gasteiger partial charge is 0.407 e. The highest BCUT2D eigenvalue weighted by molar-refractivity contribution is 6.32. The summed E-state index contributed by atoms with van der Waals surface area (Å²) in [6.07, 6.45) is 0.591. The second-order valence-corrected chi connectivity index (χ2v) is 8.35. The number of likely N-dealkylation sites (tertiary alicyclic amines) is 1. The molecule has 1 unspecified atom stereocenters. The number of hydrogen-bond acceptors (Lipinski definition) is 6. The fourth-order valence-corrected chi connectivity index (χ4v) is 3.86.